The number of fused-ring (bicyclic) bond motifs is 1. The van der Waals surface area contributed by atoms with E-state index >= 15 is 0 Å². The predicted octanol–water partition coefficient (Wildman–Crippen LogP) is 2.53. The minimum Gasteiger partial charge on any atom is -0.462 e. The molecule has 6 heteroatoms. The summed E-state index contributed by atoms with van der Waals surface area (Å²) in [4.78, 5) is 22.0. The highest BCUT2D eigenvalue weighted by Crippen LogP contribution is 2.31. The summed E-state index contributed by atoms with van der Waals surface area (Å²) in [6.45, 7) is 2.09. The van der Waals surface area contributed by atoms with Crippen LogP contribution in [0.2, 0.25) is 5.15 Å². The fourth-order valence-electron chi connectivity index (χ4n) is 1.92. The van der Waals surface area contributed by atoms with Crippen molar-refractivity contribution in [2.75, 3.05) is 25.6 Å². The van der Waals surface area contributed by atoms with Crippen LogP contribution in [0.5, 0.6) is 0 Å². The summed E-state index contributed by atoms with van der Waals surface area (Å²) >= 11 is 6.02. The van der Waals surface area contributed by atoms with Gasteiger partial charge in [0.2, 0.25) is 0 Å². The van der Waals surface area contributed by atoms with Gasteiger partial charge < -0.3 is 9.64 Å². The van der Waals surface area contributed by atoms with Crippen molar-refractivity contribution in [1.29, 1.82) is 0 Å². The van der Waals surface area contributed by atoms with Gasteiger partial charge in [0, 0.05) is 31.9 Å². The first-order valence-electron chi connectivity index (χ1n) is 5.84. The molecule has 0 radical (unpaired) electrons. The molecule has 0 aromatic carbocycles. The molecule has 0 bridgehead atoms. The number of halogens is 1. The van der Waals surface area contributed by atoms with E-state index in [9.17, 15) is 4.79 Å². The van der Waals surface area contributed by atoms with E-state index in [1.807, 2.05) is 19.0 Å². The lowest BCUT2D eigenvalue weighted by atomic mass is 10.1. The number of rotatable bonds is 3. The van der Waals surface area contributed by atoms with Gasteiger partial charge in [-0.05, 0) is 13.0 Å². The minimum atomic E-state index is -0.395. The van der Waals surface area contributed by atoms with Crippen molar-refractivity contribution >= 4 is 34.2 Å². The van der Waals surface area contributed by atoms with Crippen molar-refractivity contribution in [1.82, 2.24) is 9.97 Å². The van der Waals surface area contributed by atoms with E-state index in [0.717, 1.165) is 11.1 Å². The summed E-state index contributed by atoms with van der Waals surface area (Å²) in [5.41, 5.74) is 1.72. The van der Waals surface area contributed by atoms with Crippen molar-refractivity contribution in [3.8, 4) is 0 Å². The molecule has 2 rings (SSSR count). The van der Waals surface area contributed by atoms with Gasteiger partial charge in [0.1, 0.15) is 11.1 Å². The third-order valence-corrected chi connectivity index (χ3v) is 2.93. The number of ether oxygens (including phenoxy) is 1. The zero-order valence-corrected chi connectivity index (χ0v) is 11.7. The van der Waals surface area contributed by atoms with Crippen molar-refractivity contribution in [2.24, 2.45) is 0 Å². The second-order valence-corrected chi connectivity index (χ2v) is 4.49. The van der Waals surface area contributed by atoms with Crippen molar-refractivity contribution in [2.45, 2.75) is 6.92 Å². The summed E-state index contributed by atoms with van der Waals surface area (Å²) in [6.07, 6.45) is 3.07. The molecule has 0 atom stereocenters. The molecule has 0 amide bonds. The van der Waals surface area contributed by atoms with Crippen LogP contribution >= 0.6 is 11.6 Å². The zero-order chi connectivity index (χ0) is 14.0. The van der Waals surface area contributed by atoms with E-state index in [-0.39, 0.29) is 0 Å². The van der Waals surface area contributed by atoms with Gasteiger partial charge in [0.05, 0.1) is 12.3 Å². The Balaban J connectivity index is 2.73. The van der Waals surface area contributed by atoms with Crippen molar-refractivity contribution in [3.05, 3.63) is 29.2 Å². The highest BCUT2D eigenvalue weighted by molar-refractivity contribution is 6.34. The van der Waals surface area contributed by atoms with Crippen molar-refractivity contribution < 1.29 is 9.53 Å². The molecule has 0 N–H and O–H groups in total. The first-order chi connectivity index (χ1) is 9.06. The van der Waals surface area contributed by atoms with Crippen LogP contribution in [0.1, 0.15) is 17.3 Å². The van der Waals surface area contributed by atoms with E-state index < -0.39 is 5.97 Å². The molecule has 0 aliphatic rings. The molecule has 0 saturated carbocycles. The topological polar surface area (TPSA) is 55.3 Å². The summed E-state index contributed by atoms with van der Waals surface area (Å²) in [6, 6.07) is 1.78. The molecule has 2 aromatic rings. The number of hydrogen-bond donors (Lipinski definition) is 0. The van der Waals surface area contributed by atoms with Crippen LogP contribution in [0.3, 0.4) is 0 Å². The SMILES string of the molecule is CCOC(=O)c1cnc2c(Cl)nccc2c1N(C)C. The Bertz CT molecular complexity index is 629. The average molecular weight is 280 g/mol. The number of carbonyl (C=O) groups excluding carboxylic acids is 1. The van der Waals surface area contributed by atoms with Gasteiger partial charge in [-0.1, -0.05) is 11.6 Å². The molecule has 0 saturated heterocycles. The summed E-state index contributed by atoms with van der Waals surface area (Å²) in [5.74, 6) is -0.395. The minimum absolute atomic E-state index is 0.316. The second-order valence-electron chi connectivity index (χ2n) is 4.13. The summed E-state index contributed by atoms with van der Waals surface area (Å²) < 4.78 is 5.04. The molecule has 0 unspecified atom stereocenters. The number of carbonyl (C=O) groups is 1. The molecule has 0 aliphatic carbocycles. The second kappa shape index (κ2) is 5.40. The Morgan fingerprint density at radius 3 is 2.79 bits per heavy atom. The fourth-order valence-corrected chi connectivity index (χ4v) is 2.12. The number of anilines is 1. The molecule has 2 aromatic heterocycles. The number of hydrogen-bond acceptors (Lipinski definition) is 5. The maximum atomic E-state index is 12.0. The average Bonchev–Trinajstić information content (AvgIpc) is 2.37. The lowest BCUT2D eigenvalue weighted by molar-refractivity contribution is 0.0527. The summed E-state index contributed by atoms with van der Waals surface area (Å²) in [5, 5.41) is 1.09. The van der Waals surface area contributed by atoms with Crippen LogP contribution < -0.4 is 4.90 Å². The largest absolute Gasteiger partial charge is 0.462 e. The molecule has 100 valence electrons. The van der Waals surface area contributed by atoms with Gasteiger partial charge in [-0.2, -0.15) is 0 Å². The number of esters is 1. The molecular formula is C13H14ClN3O2. The van der Waals surface area contributed by atoms with Crippen LogP contribution in [0.15, 0.2) is 18.5 Å². The highest BCUT2D eigenvalue weighted by atomic mass is 35.5. The van der Waals surface area contributed by atoms with Crippen LogP contribution in [-0.2, 0) is 4.74 Å². The number of aromatic nitrogens is 2. The lowest BCUT2D eigenvalue weighted by Gasteiger charge is -2.18. The monoisotopic (exact) mass is 279 g/mol. The molecule has 0 spiro atoms. The van der Waals surface area contributed by atoms with Gasteiger partial charge >= 0.3 is 5.97 Å². The first kappa shape index (κ1) is 13.5. The third kappa shape index (κ3) is 2.46. The maximum Gasteiger partial charge on any atom is 0.341 e. The predicted molar refractivity (Wildman–Crippen MR) is 74.8 cm³/mol. The summed E-state index contributed by atoms with van der Waals surface area (Å²) in [7, 11) is 3.71. The van der Waals surface area contributed by atoms with Crippen LogP contribution in [-0.4, -0.2) is 36.6 Å². The zero-order valence-electron chi connectivity index (χ0n) is 11.0. The molecule has 2 heterocycles. The molecule has 0 aliphatic heterocycles. The number of nitrogens with zero attached hydrogens (tertiary/aromatic N) is 3. The molecular weight excluding hydrogens is 266 g/mol. The van der Waals surface area contributed by atoms with Crippen LogP contribution in [0.25, 0.3) is 10.9 Å². The Kier molecular flexibility index (Phi) is 3.85. The van der Waals surface area contributed by atoms with Gasteiger partial charge in [0.15, 0.2) is 5.15 Å². The van der Waals surface area contributed by atoms with Crippen LogP contribution in [0, 0.1) is 0 Å². The smallest absolute Gasteiger partial charge is 0.341 e. The third-order valence-electron chi connectivity index (χ3n) is 2.66. The normalized spacial score (nSPS) is 10.5. The van der Waals surface area contributed by atoms with Gasteiger partial charge in [0.25, 0.3) is 0 Å². The Morgan fingerprint density at radius 2 is 2.16 bits per heavy atom. The van der Waals surface area contributed by atoms with E-state index in [4.69, 9.17) is 16.3 Å². The quantitative estimate of drug-likeness (QED) is 0.638. The Labute approximate surface area is 116 Å². The Hall–Kier alpha value is -1.88. The standard InChI is InChI=1S/C13H14ClN3O2/c1-4-19-13(18)9-7-16-10-8(11(9)17(2)3)5-6-15-12(10)14/h5-7H,4H2,1-3H3. The van der Waals surface area contributed by atoms with E-state index in [1.54, 1.807) is 19.2 Å². The maximum absolute atomic E-state index is 12.0. The van der Waals surface area contributed by atoms with Crippen molar-refractivity contribution in [3.63, 3.8) is 0 Å². The first-order valence-corrected chi connectivity index (χ1v) is 6.21. The fraction of sp³-hybridized carbons (Fsp3) is 0.308. The molecule has 19 heavy (non-hydrogen) atoms. The highest BCUT2D eigenvalue weighted by Gasteiger charge is 2.19. The van der Waals surface area contributed by atoms with E-state index in [0.29, 0.717) is 22.8 Å². The van der Waals surface area contributed by atoms with Gasteiger partial charge in [-0.15, -0.1) is 0 Å². The Morgan fingerprint density at radius 1 is 1.42 bits per heavy atom. The van der Waals surface area contributed by atoms with Gasteiger partial charge in [-0.3, -0.25) is 4.98 Å². The van der Waals surface area contributed by atoms with E-state index in [1.165, 1.54) is 6.20 Å². The molecule has 0 fully saturated rings. The van der Waals surface area contributed by atoms with E-state index in [2.05, 4.69) is 9.97 Å². The van der Waals surface area contributed by atoms with Crippen LogP contribution in [0.4, 0.5) is 5.69 Å². The molecule has 5 nitrogen and oxygen atoms in total. The van der Waals surface area contributed by atoms with Gasteiger partial charge in [-0.25, -0.2) is 9.78 Å². The lowest BCUT2D eigenvalue weighted by Crippen LogP contribution is -2.16. The number of pyridine rings is 2.